The first-order valence-corrected chi connectivity index (χ1v) is 8.17. The van der Waals surface area contributed by atoms with Crippen molar-refractivity contribution in [2.24, 2.45) is 0 Å². The highest BCUT2D eigenvalue weighted by Crippen LogP contribution is 2.42. The molecule has 1 aromatic carbocycles. The first-order valence-electron chi connectivity index (χ1n) is 7.38. The van der Waals surface area contributed by atoms with Gasteiger partial charge < -0.3 is 15.0 Å². The van der Waals surface area contributed by atoms with Crippen LogP contribution in [0, 0.1) is 0 Å². The lowest BCUT2D eigenvalue weighted by Crippen LogP contribution is -2.58. The maximum absolute atomic E-state index is 12.5. The molecule has 2 unspecified atom stereocenters. The molecule has 2 heterocycles. The Bertz CT molecular complexity index is 518. The van der Waals surface area contributed by atoms with E-state index < -0.39 is 5.54 Å². The van der Waals surface area contributed by atoms with Gasteiger partial charge in [0.05, 0.1) is 7.11 Å². The fourth-order valence-electron chi connectivity index (χ4n) is 3.79. The highest BCUT2D eigenvalue weighted by Gasteiger charge is 2.51. The molecule has 2 saturated heterocycles. The van der Waals surface area contributed by atoms with E-state index in [1.165, 1.54) is 20.0 Å². The Kier molecular flexibility index (Phi) is 3.97. The highest BCUT2D eigenvalue weighted by molar-refractivity contribution is 9.10. The van der Waals surface area contributed by atoms with Gasteiger partial charge in [-0.25, -0.2) is 4.79 Å². The number of fused-ring (bicyclic) bond motifs is 2. The van der Waals surface area contributed by atoms with Gasteiger partial charge in [-0.2, -0.15) is 0 Å². The number of nitrogens with one attached hydrogen (secondary N) is 1. The molecule has 2 aliphatic rings. The van der Waals surface area contributed by atoms with Crippen LogP contribution >= 0.6 is 15.9 Å². The molecule has 0 spiro atoms. The highest BCUT2D eigenvalue weighted by atomic mass is 79.9. The van der Waals surface area contributed by atoms with Crippen LogP contribution in [0.15, 0.2) is 28.7 Å². The number of rotatable bonds is 3. The largest absolute Gasteiger partial charge is 0.467 e. The Hall–Kier alpha value is -1.07. The second-order valence-corrected chi connectivity index (χ2v) is 7.08. The molecule has 21 heavy (non-hydrogen) atoms. The van der Waals surface area contributed by atoms with Gasteiger partial charge in [-0.1, -0.05) is 15.9 Å². The molecule has 5 heteroatoms. The minimum atomic E-state index is -0.596. The van der Waals surface area contributed by atoms with Gasteiger partial charge in [0.15, 0.2) is 0 Å². The lowest BCUT2D eigenvalue weighted by Gasteiger charge is -2.44. The van der Waals surface area contributed by atoms with Gasteiger partial charge in [0.2, 0.25) is 0 Å². The molecule has 0 radical (unpaired) electrons. The number of piperidine rings is 1. The van der Waals surface area contributed by atoms with E-state index in [-0.39, 0.29) is 5.97 Å². The standard InChI is InChI=1S/C16H21BrN2O2/c1-19-13-7-8-14(19)10-16(9-13,15(20)21-2)18-12-5-3-11(17)4-6-12/h3-6,13-14,18H,7-10H2,1-2H3. The zero-order valence-electron chi connectivity index (χ0n) is 12.4. The molecular weight excluding hydrogens is 332 g/mol. The van der Waals surface area contributed by atoms with Gasteiger partial charge >= 0.3 is 5.97 Å². The van der Waals surface area contributed by atoms with Gasteiger partial charge in [0.1, 0.15) is 5.54 Å². The van der Waals surface area contributed by atoms with Gasteiger partial charge in [0.25, 0.3) is 0 Å². The summed E-state index contributed by atoms with van der Waals surface area (Å²) in [6.45, 7) is 0. The van der Waals surface area contributed by atoms with Gasteiger partial charge in [-0.05, 0) is 57.0 Å². The fraction of sp³-hybridized carbons (Fsp3) is 0.562. The maximum atomic E-state index is 12.5. The Morgan fingerprint density at radius 1 is 1.29 bits per heavy atom. The van der Waals surface area contributed by atoms with Crippen LogP contribution in [0.3, 0.4) is 0 Å². The molecule has 2 fully saturated rings. The summed E-state index contributed by atoms with van der Waals surface area (Å²) < 4.78 is 6.15. The summed E-state index contributed by atoms with van der Waals surface area (Å²) in [4.78, 5) is 14.9. The minimum absolute atomic E-state index is 0.143. The monoisotopic (exact) mass is 352 g/mol. The average Bonchev–Trinajstić information content (AvgIpc) is 2.72. The normalized spacial score (nSPS) is 32.0. The number of methoxy groups -OCH3 is 1. The number of hydrogen-bond acceptors (Lipinski definition) is 4. The molecule has 3 rings (SSSR count). The van der Waals surface area contributed by atoms with Crippen molar-refractivity contribution in [3.63, 3.8) is 0 Å². The predicted octanol–water partition coefficient (Wildman–Crippen LogP) is 3.03. The van der Waals surface area contributed by atoms with Crippen molar-refractivity contribution >= 4 is 27.6 Å². The Balaban J connectivity index is 1.88. The van der Waals surface area contributed by atoms with Crippen LogP contribution < -0.4 is 5.32 Å². The van der Waals surface area contributed by atoms with Crippen LogP contribution in [-0.4, -0.2) is 42.6 Å². The zero-order chi connectivity index (χ0) is 15.0. The van der Waals surface area contributed by atoms with Crippen molar-refractivity contribution in [3.8, 4) is 0 Å². The van der Waals surface area contributed by atoms with Crippen LogP contribution in [0.2, 0.25) is 0 Å². The van der Waals surface area contributed by atoms with Crippen molar-refractivity contribution < 1.29 is 9.53 Å². The van der Waals surface area contributed by atoms with Crippen molar-refractivity contribution in [1.29, 1.82) is 0 Å². The van der Waals surface area contributed by atoms with E-state index >= 15 is 0 Å². The van der Waals surface area contributed by atoms with Gasteiger partial charge in [-0.15, -0.1) is 0 Å². The lowest BCUT2D eigenvalue weighted by atomic mass is 9.82. The van der Waals surface area contributed by atoms with Crippen LogP contribution in [-0.2, 0) is 9.53 Å². The van der Waals surface area contributed by atoms with Crippen molar-refractivity contribution in [2.75, 3.05) is 19.5 Å². The number of anilines is 1. The number of carbonyl (C=O) groups is 1. The summed E-state index contributed by atoms with van der Waals surface area (Å²) in [6.07, 6.45) is 3.95. The molecular formula is C16H21BrN2O2. The van der Waals surface area contributed by atoms with E-state index in [9.17, 15) is 4.79 Å². The van der Waals surface area contributed by atoms with Crippen molar-refractivity contribution in [3.05, 3.63) is 28.7 Å². The zero-order valence-corrected chi connectivity index (χ0v) is 14.0. The number of halogens is 1. The lowest BCUT2D eigenvalue weighted by molar-refractivity contribution is -0.148. The van der Waals surface area contributed by atoms with E-state index in [0.29, 0.717) is 12.1 Å². The molecule has 1 N–H and O–H groups in total. The predicted molar refractivity (Wildman–Crippen MR) is 86.3 cm³/mol. The molecule has 1 aromatic rings. The molecule has 0 aliphatic carbocycles. The molecule has 0 amide bonds. The van der Waals surface area contributed by atoms with Crippen molar-refractivity contribution in [1.82, 2.24) is 4.90 Å². The summed E-state index contributed by atoms with van der Waals surface area (Å²) in [6, 6.07) is 8.88. The summed E-state index contributed by atoms with van der Waals surface area (Å²) >= 11 is 3.44. The maximum Gasteiger partial charge on any atom is 0.331 e. The molecule has 0 saturated carbocycles. The Morgan fingerprint density at radius 2 is 1.86 bits per heavy atom. The van der Waals surface area contributed by atoms with Crippen molar-refractivity contribution in [2.45, 2.75) is 43.3 Å². The third-order valence-electron chi connectivity index (χ3n) is 4.96. The number of ether oxygens (including phenoxy) is 1. The minimum Gasteiger partial charge on any atom is -0.467 e. The fourth-order valence-corrected chi connectivity index (χ4v) is 4.06. The third-order valence-corrected chi connectivity index (χ3v) is 5.49. The average molecular weight is 353 g/mol. The molecule has 2 atom stereocenters. The number of carbonyl (C=O) groups excluding carboxylic acids is 1. The quantitative estimate of drug-likeness (QED) is 0.849. The molecule has 2 aliphatic heterocycles. The van der Waals surface area contributed by atoms with Gasteiger partial charge in [-0.3, -0.25) is 0 Å². The number of nitrogens with zero attached hydrogens (tertiary/aromatic N) is 1. The summed E-state index contributed by atoms with van der Waals surface area (Å²) in [5, 5.41) is 3.47. The number of esters is 1. The molecule has 4 nitrogen and oxygen atoms in total. The second kappa shape index (κ2) is 5.61. The summed E-state index contributed by atoms with van der Waals surface area (Å²) in [5.41, 5.74) is 0.369. The van der Waals surface area contributed by atoms with Crippen LogP contribution in [0.5, 0.6) is 0 Å². The van der Waals surface area contributed by atoms with E-state index in [0.717, 1.165) is 23.0 Å². The van der Waals surface area contributed by atoms with Crippen LogP contribution in [0.25, 0.3) is 0 Å². The smallest absolute Gasteiger partial charge is 0.331 e. The number of benzene rings is 1. The summed E-state index contributed by atoms with van der Waals surface area (Å²) in [7, 11) is 3.65. The third kappa shape index (κ3) is 2.69. The Morgan fingerprint density at radius 3 is 2.38 bits per heavy atom. The molecule has 114 valence electrons. The molecule has 2 bridgehead atoms. The first kappa shape index (κ1) is 14.9. The summed E-state index contributed by atoms with van der Waals surface area (Å²) in [5.74, 6) is -0.143. The van der Waals surface area contributed by atoms with Crippen LogP contribution in [0.1, 0.15) is 25.7 Å². The van der Waals surface area contributed by atoms with Crippen LogP contribution in [0.4, 0.5) is 5.69 Å². The van der Waals surface area contributed by atoms with E-state index in [4.69, 9.17) is 4.74 Å². The van der Waals surface area contributed by atoms with E-state index in [2.05, 4.69) is 33.2 Å². The van der Waals surface area contributed by atoms with E-state index in [1.807, 2.05) is 24.3 Å². The second-order valence-electron chi connectivity index (χ2n) is 6.16. The van der Waals surface area contributed by atoms with E-state index in [1.54, 1.807) is 0 Å². The number of hydrogen-bond donors (Lipinski definition) is 1. The Labute approximate surface area is 134 Å². The van der Waals surface area contributed by atoms with Gasteiger partial charge in [0, 0.05) is 22.2 Å². The SMILES string of the molecule is COC(=O)C1(Nc2ccc(Br)cc2)CC2CCC(C1)N2C. The topological polar surface area (TPSA) is 41.6 Å². The first-order chi connectivity index (χ1) is 10.0. The molecule has 0 aromatic heterocycles.